The number of nitrogens with one attached hydrogen (secondary N) is 1. The molecule has 0 aromatic heterocycles. The summed E-state index contributed by atoms with van der Waals surface area (Å²) in [5, 5.41) is 12.8. The van der Waals surface area contributed by atoms with Gasteiger partial charge in [-0.25, -0.2) is 0 Å². The first-order chi connectivity index (χ1) is 11.8. The summed E-state index contributed by atoms with van der Waals surface area (Å²) in [4.78, 5) is 2.47. The fourth-order valence-corrected chi connectivity index (χ4v) is 3.90. The molecule has 2 aromatic rings. The molecule has 1 fully saturated rings. The summed E-state index contributed by atoms with van der Waals surface area (Å²) in [7, 11) is 0. The van der Waals surface area contributed by atoms with Crippen LogP contribution in [0.5, 0.6) is 0 Å². The minimum atomic E-state index is 0.0943. The first-order valence-electron chi connectivity index (χ1n) is 8.61. The molecular formula is C20H26N2OS. The molecular weight excluding hydrogens is 316 g/mol. The highest BCUT2D eigenvalue weighted by atomic mass is 32.2. The zero-order chi connectivity index (χ0) is 16.8. The van der Waals surface area contributed by atoms with Crippen molar-refractivity contribution in [2.75, 3.05) is 29.5 Å². The normalized spacial score (nSPS) is 16.2. The van der Waals surface area contributed by atoms with Gasteiger partial charge in [0.15, 0.2) is 0 Å². The lowest BCUT2D eigenvalue weighted by molar-refractivity contribution is 0.281. The molecule has 128 valence electrons. The summed E-state index contributed by atoms with van der Waals surface area (Å²) in [5.41, 5.74) is 4.81. The van der Waals surface area contributed by atoms with Crippen LogP contribution in [0.2, 0.25) is 0 Å². The maximum Gasteiger partial charge on any atom is 0.0681 e. The van der Waals surface area contributed by atoms with Gasteiger partial charge in [-0.05, 0) is 35.7 Å². The third kappa shape index (κ3) is 4.53. The van der Waals surface area contributed by atoms with Gasteiger partial charge in [0, 0.05) is 42.9 Å². The third-order valence-electron chi connectivity index (χ3n) is 4.56. The molecule has 1 heterocycles. The van der Waals surface area contributed by atoms with E-state index in [0.29, 0.717) is 0 Å². The summed E-state index contributed by atoms with van der Waals surface area (Å²) < 4.78 is 0. The zero-order valence-electron chi connectivity index (χ0n) is 14.2. The highest BCUT2D eigenvalue weighted by Gasteiger charge is 2.11. The van der Waals surface area contributed by atoms with Crippen LogP contribution < -0.4 is 10.2 Å². The Morgan fingerprint density at radius 2 is 1.83 bits per heavy atom. The van der Waals surface area contributed by atoms with Crippen molar-refractivity contribution in [1.29, 1.82) is 0 Å². The molecule has 0 bridgehead atoms. The largest absolute Gasteiger partial charge is 0.392 e. The monoisotopic (exact) mass is 342 g/mol. The van der Waals surface area contributed by atoms with E-state index in [-0.39, 0.29) is 12.6 Å². The van der Waals surface area contributed by atoms with E-state index in [1.54, 1.807) is 0 Å². The van der Waals surface area contributed by atoms with E-state index in [0.717, 1.165) is 25.2 Å². The lowest BCUT2D eigenvalue weighted by Crippen LogP contribution is -2.32. The van der Waals surface area contributed by atoms with Gasteiger partial charge in [0.05, 0.1) is 6.61 Å². The summed E-state index contributed by atoms with van der Waals surface area (Å²) in [6.07, 6.45) is 0. The van der Waals surface area contributed by atoms with Gasteiger partial charge in [-0.3, -0.25) is 0 Å². The Morgan fingerprint density at radius 3 is 2.54 bits per heavy atom. The Hall–Kier alpha value is -1.49. The van der Waals surface area contributed by atoms with Crippen LogP contribution in [-0.2, 0) is 13.2 Å². The summed E-state index contributed by atoms with van der Waals surface area (Å²) in [6, 6.07) is 17.3. The van der Waals surface area contributed by atoms with Gasteiger partial charge in [-0.15, -0.1) is 0 Å². The quantitative estimate of drug-likeness (QED) is 0.841. The van der Waals surface area contributed by atoms with E-state index in [1.165, 1.54) is 28.3 Å². The minimum absolute atomic E-state index is 0.0943. The Labute approximate surface area is 149 Å². The number of rotatable bonds is 6. The summed E-state index contributed by atoms with van der Waals surface area (Å²) in [6.45, 7) is 5.41. The highest BCUT2D eigenvalue weighted by Crippen LogP contribution is 2.20. The molecule has 3 nitrogen and oxygen atoms in total. The van der Waals surface area contributed by atoms with Crippen LogP contribution in [0, 0.1) is 0 Å². The molecule has 1 atom stereocenters. The van der Waals surface area contributed by atoms with Gasteiger partial charge < -0.3 is 15.3 Å². The molecule has 2 N–H and O–H groups in total. The molecule has 4 heteroatoms. The predicted octanol–water partition coefficient (Wildman–Crippen LogP) is 3.58. The van der Waals surface area contributed by atoms with Crippen molar-refractivity contribution in [1.82, 2.24) is 5.32 Å². The van der Waals surface area contributed by atoms with Gasteiger partial charge in [0.25, 0.3) is 0 Å². The molecule has 0 spiro atoms. The molecule has 1 unspecified atom stereocenters. The molecule has 0 saturated carbocycles. The Balaban J connectivity index is 1.55. The number of aliphatic hydroxyl groups is 1. The molecule has 3 rings (SSSR count). The van der Waals surface area contributed by atoms with Crippen molar-refractivity contribution in [3.05, 3.63) is 65.2 Å². The van der Waals surface area contributed by atoms with Crippen molar-refractivity contribution in [2.45, 2.75) is 26.1 Å². The van der Waals surface area contributed by atoms with E-state index in [1.807, 2.05) is 23.9 Å². The second-order valence-corrected chi connectivity index (χ2v) is 7.50. The van der Waals surface area contributed by atoms with Crippen molar-refractivity contribution in [3.63, 3.8) is 0 Å². The second kappa shape index (κ2) is 8.56. The molecule has 1 aliphatic rings. The van der Waals surface area contributed by atoms with E-state index in [4.69, 9.17) is 0 Å². The SMILES string of the molecule is CC(NCc1ccc(N2CCSCC2)cc1)c1cccc(CO)c1. The fraction of sp³-hybridized carbons (Fsp3) is 0.400. The van der Waals surface area contributed by atoms with E-state index in [9.17, 15) is 5.11 Å². The number of thioether (sulfide) groups is 1. The molecule has 1 aliphatic heterocycles. The number of anilines is 1. The molecule has 1 saturated heterocycles. The van der Waals surface area contributed by atoms with Crippen molar-refractivity contribution in [3.8, 4) is 0 Å². The lowest BCUT2D eigenvalue weighted by Gasteiger charge is -2.28. The zero-order valence-corrected chi connectivity index (χ0v) is 15.1. The van der Waals surface area contributed by atoms with Crippen LogP contribution in [-0.4, -0.2) is 29.7 Å². The minimum Gasteiger partial charge on any atom is -0.392 e. The van der Waals surface area contributed by atoms with Crippen molar-refractivity contribution in [2.24, 2.45) is 0 Å². The molecule has 24 heavy (non-hydrogen) atoms. The van der Waals surface area contributed by atoms with Crippen LogP contribution >= 0.6 is 11.8 Å². The maximum absolute atomic E-state index is 9.26. The highest BCUT2D eigenvalue weighted by molar-refractivity contribution is 7.99. The first kappa shape index (κ1) is 17.3. The smallest absolute Gasteiger partial charge is 0.0681 e. The van der Waals surface area contributed by atoms with Crippen LogP contribution in [0.3, 0.4) is 0 Å². The summed E-state index contributed by atoms with van der Waals surface area (Å²) >= 11 is 2.04. The van der Waals surface area contributed by atoms with E-state index in [2.05, 4.69) is 53.5 Å². The summed E-state index contributed by atoms with van der Waals surface area (Å²) in [5.74, 6) is 2.46. The topological polar surface area (TPSA) is 35.5 Å². The van der Waals surface area contributed by atoms with E-state index < -0.39 is 0 Å². The lowest BCUT2D eigenvalue weighted by atomic mass is 10.0. The van der Waals surface area contributed by atoms with Gasteiger partial charge >= 0.3 is 0 Å². The standard InChI is InChI=1S/C20H26N2OS/c1-16(19-4-2-3-18(13-19)15-23)21-14-17-5-7-20(8-6-17)22-9-11-24-12-10-22/h2-8,13,16,21,23H,9-12,14-15H2,1H3. The number of hydrogen-bond acceptors (Lipinski definition) is 4. The number of benzene rings is 2. The molecule has 0 amide bonds. The number of hydrogen-bond donors (Lipinski definition) is 2. The van der Waals surface area contributed by atoms with Crippen LogP contribution in [0.4, 0.5) is 5.69 Å². The van der Waals surface area contributed by atoms with Crippen LogP contribution in [0.25, 0.3) is 0 Å². The van der Waals surface area contributed by atoms with Gasteiger partial charge in [-0.1, -0.05) is 36.4 Å². The predicted molar refractivity (Wildman–Crippen MR) is 104 cm³/mol. The maximum atomic E-state index is 9.26. The molecule has 2 aromatic carbocycles. The average Bonchev–Trinajstić information content (AvgIpc) is 2.67. The average molecular weight is 343 g/mol. The number of nitrogens with zero attached hydrogens (tertiary/aromatic N) is 1. The Morgan fingerprint density at radius 1 is 1.08 bits per heavy atom. The Kier molecular flexibility index (Phi) is 6.18. The first-order valence-corrected chi connectivity index (χ1v) is 9.76. The Bertz CT molecular complexity index is 638. The van der Waals surface area contributed by atoms with Gasteiger partial charge in [0.1, 0.15) is 0 Å². The van der Waals surface area contributed by atoms with Gasteiger partial charge in [0.2, 0.25) is 0 Å². The van der Waals surface area contributed by atoms with E-state index >= 15 is 0 Å². The fourth-order valence-electron chi connectivity index (χ4n) is 3.00. The van der Waals surface area contributed by atoms with Gasteiger partial charge in [-0.2, -0.15) is 11.8 Å². The van der Waals surface area contributed by atoms with Crippen LogP contribution in [0.1, 0.15) is 29.7 Å². The van der Waals surface area contributed by atoms with Crippen LogP contribution in [0.15, 0.2) is 48.5 Å². The van der Waals surface area contributed by atoms with Crippen molar-refractivity contribution >= 4 is 17.4 Å². The van der Waals surface area contributed by atoms with Crippen molar-refractivity contribution < 1.29 is 5.11 Å². The second-order valence-electron chi connectivity index (χ2n) is 6.27. The molecule has 0 aliphatic carbocycles. The third-order valence-corrected chi connectivity index (χ3v) is 5.50. The number of aliphatic hydroxyl groups excluding tert-OH is 1. The molecule has 0 radical (unpaired) electrons.